The fourth-order valence-electron chi connectivity index (χ4n) is 2.43. The van der Waals surface area contributed by atoms with E-state index >= 15 is 0 Å². The number of esters is 1. The average Bonchev–Trinajstić information content (AvgIpc) is 3.03. The van der Waals surface area contributed by atoms with Gasteiger partial charge in [-0.25, -0.2) is 9.79 Å². The molecule has 0 saturated carbocycles. The third kappa shape index (κ3) is 4.59. The Morgan fingerprint density at radius 3 is 2.82 bits per heavy atom. The van der Waals surface area contributed by atoms with Gasteiger partial charge in [0.1, 0.15) is 6.61 Å². The van der Waals surface area contributed by atoms with Crippen molar-refractivity contribution in [1.29, 1.82) is 0 Å². The van der Waals surface area contributed by atoms with Gasteiger partial charge in [-0.05, 0) is 80.5 Å². The number of cyclic esters (lactones) is 1. The average molecular weight is 575 g/mol. The lowest BCUT2D eigenvalue weighted by Crippen LogP contribution is -2.05. The van der Waals surface area contributed by atoms with Crippen LogP contribution in [0.3, 0.4) is 0 Å². The number of halogens is 3. The molecule has 0 unspecified atom stereocenters. The van der Waals surface area contributed by atoms with Gasteiger partial charge in [-0.2, -0.15) is 0 Å². The minimum absolute atomic E-state index is 0.169. The van der Waals surface area contributed by atoms with Crippen LogP contribution in [0.1, 0.15) is 11.1 Å². The van der Waals surface area contributed by atoms with Gasteiger partial charge >= 0.3 is 5.97 Å². The number of hydrogen-bond donors (Lipinski definition) is 0. The normalized spacial score (nSPS) is 14.6. The maximum Gasteiger partial charge on any atom is 0.363 e. The number of rotatable bonds is 6. The first kappa shape index (κ1) is 20.9. The summed E-state index contributed by atoms with van der Waals surface area (Å²) in [4.78, 5) is 16.6. The zero-order valence-electron chi connectivity index (χ0n) is 14.7. The number of aliphatic imine (C=N–C) groups is 1. The minimum atomic E-state index is -0.535. The molecule has 1 aliphatic heterocycles. The van der Waals surface area contributed by atoms with Crippen LogP contribution < -0.4 is 9.47 Å². The van der Waals surface area contributed by atoms with Crippen LogP contribution in [-0.2, 0) is 9.53 Å². The highest BCUT2D eigenvalue weighted by Gasteiger charge is 2.25. The predicted molar refractivity (Wildman–Crippen MR) is 121 cm³/mol. The zero-order chi connectivity index (χ0) is 20.3. The first-order valence-corrected chi connectivity index (χ1v) is 10.3. The molecular weight excluding hydrogens is 560 g/mol. The molecule has 0 atom stereocenters. The second kappa shape index (κ2) is 9.11. The summed E-state index contributed by atoms with van der Waals surface area (Å²) in [5.74, 6) is 0.565. The molecule has 0 saturated heterocycles. The number of hydrogen-bond acceptors (Lipinski definition) is 5. The van der Waals surface area contributed by atoms with Crippen LogP contribution in [0.2, 0.25) is 5.02 Å². The smallest absolute Gasteiger partial charge is 0.363 e. The van der Waals surface area contributed by atoms with Crippen LogP contribution in [0, 0.1) is 3.57 Å². The molecule has 0 bridgehead atoms. The van der Waals surface area contributed by atoms with Crippen molar-refractivity contribution >= 4 is 68.1 Å². The monoisotopic (exact) mass is 573 g/mol. The molecule has 144 valence electrons. The number of ether oxygens (including phenoxy) is 3. The molecule has 5 nitrogen and oxygen atoms in total. The molecule has 1 heterocycles. The molecule has 8 heteroatoms. The second-order valence-corrected chi connectivity index (χ2v) is 8.02. The topological polar surface area (TPSA) is 57.1 Å². The molecule has 2 aromatic carbocycles. The number of nitrogens with zero attached hydrogens (tertiary/aromatic N) is 1. The predicted octanol–water partition coefficient (Wildman–Crippen LogP) is 5.63. The Hall–Kier alpha value is -1.84. The highest BCUT2D eigenvalue weighted by Crippen LogP contribution is 2.37. The highest BCUT2D eigenvalue weighted by molar-refractivity contribution is 14.1. The Morgan fingerprint density at radius 1 is 1.36 bits per heavy atom. The van der Waals surface area contributed by atoms with Gasteiger partial charge in [-0.3, -0.25) is 0 Å². The third-order valence-electron chi connectivity index (χ3n) is 3.69. The van der Waals surface area contributed by atoms with E-state index in [1.807, 2.05) is 18.2 Å². The lowest BCUT2D eigenvalue weighted by atomic mass is 10.1. The number of carbonyl (C=O) groups excluding carboxylic acids is 1. The first-order valence-electron chi connectivity index (χ1n) is 8.02. The van der Waals surface area contributed by atoms with E-state index in [9.17, 15) is 4.79 Å². The molecule has 0 N–H and O–H groups in total. The molecule has 0 aromatic heterocycles. The lowest BCUT2D eigenvalue weighted by Gasteiger charge is -2.12. The number of benzene rings is 2. The molecule has 0 radical (unpaired) electrons. The molecule has 0 fully saturated rings. The van der Waals surface area contributed by atoms with Gasteiger partial charge in [-0.15, -0.1) is 0 Å². The van der Waals surface area contributed by atoms with E-state index in [1.165, 1.54) is 7.11 Å². The summed E-state index contributed by atoms with van der Waals surface area (Å²) in [6.45, 7) is 3.90. The zero-order valence-corrected chi connectivity index (χ0v) is 19.2. The van der Waals surface area contributed by atoms with Crippen LogP contribution in [0.15, 0.2) is 58.1 Å². The summed E-state index contributed by atoms with van der Waals surface area (Å²) < 4.78 is 18.1. The van der Waals surface area contributed by atoms with Crippen LogP contribution in [0.5, 0.6) is 11.5 Å². The van der Waals surface area contributed by atoms with Crippen molar-refractivity contribution in [2.75, 3.05) is 13.7 Å². The third-order valence-corrected chi connectivity index (χ3v) is 6.31. The van der Waals surface area contributed by atoms with Crippen LogP contribution in [0.4, 0.5) is 0 Å². The van der Waals surface area contributed by atoms with E-state index < -0.39 is 5.97 Å². The van der Waals surface area contributed by atoms with E-state index in [-0.39, 0.29) is 11.6 Å². The van der Waals surface area contributed by atoms with Crippen LogP contribution in [0.25, 0.3) is 6.08 Å². The molecular formula is C20H14BrClINO4. The fraction of sp³-hybridized carbons (Fsp3) is 0.100. The summed E-state index contributed by atoms with van der Waals surface area (Å²) in [5.41, 5.74) is 1.50. The lowest BCUT2D eigenvalue weighted by molar-refractivity contribution is -0.129. The first-order chi connectivity index (χ1) is 13.4. The van der Waals surface area contributed by atoms with E-state index in [2.05, 4.69) is 50.1 Å². The van der Waals surface area contributed by atoms with Crippen molar-refractivity contribution < 1.29 is 19.0 Å². The molecule has 0 aliphatic carbocycles. The number of methoxy groups -OCH3 is 1. The van der Waals surface area contributed by atoms with Gasteiger partial charge in [0, 0.05) is 13.6 Å². The SMILES string of the molecule is C=CCOc1c(Cl)cc(/C=C2\N=C(c3ccc(I)c(Br)c3)OC2=O)cc1OC. The molecule has 1 aliphatic rings. The van der Waals surface area contributed by atoms with Gasteiger partial charge in [0.2, 0.25) is 5.90 Å². The maximum atomic E-state index is 12.2. The van der Waals surface area contributed by atoms with Gasteiger partial charge in [0.25, 0.3) is 0 Å². The van der Waals surface area contributed by atoms with E-state index in [0.717, 1.165) is 8.04 Å². The fourth-order valence-corrected chi connectivity index (χ4v) is 3.41. The molecule has 0 amide bonds. The number of carbonyl (C=O) groups is 1. The van der Waals surface area contributed by atoms with Crippen molar-refractivity contribution in [2.24, 2.45) is 4.99 Å². The van der Waals surface area contributed by atoms with Crippen LogP contribution in [-0.4, -0.2) is 25.6 Å². The Morgan fingerprint density at radius 2 is 2.14 bits per heavy atom. The van der Waals surface area contributed by atoms with E-state index in [1.54, 1.807) is 24.3 Å². The second-order valence-electron chi connectivity index (χ2n) is 5.60. The quantitative estimate of drug-likeness (QED) is 0.194. The highest BCUT2D eigenvalue weighted by atomic mass is 127. The van der Waals surface area contributed by atoms with Crippen molar-refractivity contribution in [3.63, 3.8) is 0 Å². The summed E-state index contributed by atoms with van der Waals surface area (Å²) >= 11 is 12.0. The molecule has 28 heavy (non-hydrogen) atoms. The molecule has 3 rings (SSSR count). The van der Waals surface area contributed by atoms with Crippen molar-refractivity contribution in [3.8, 4) is 11.5 Å². The van der Waals surface area contributed by atoms with Gasteiger partial charge in [0.15, 0.2) is 17.2 Å². The standard InChI is InChI=1S/C20H14BrClINO4/c1-3-6-27-18-14(22)7-11(9-17(18)26-2)8-16-20(25)28-19(24-16)12-4-5-15(23)13(21)10-12/h3-5,7-10H,1,6H2,2H3/b16-8-. The Balaban J connectivity index is 1.95. The van der Waals surface area contributed by atoms with E-state index in [0.29, 0.717) is 34.3 Å². The molecule has 2 aromatic rings. The summed E-state index contributed by atoms with van der Waals surface area (Å²) in [6.07, 6.45) is 3.20. The van der Waals surface area contributed by atoms with Crippen LogP contribution >= 0.6 is 50.1 Å². The van der Waals surface area contributed by atoms with E-state index in [4.69, 9.17) is 25.8 Å². The Bertz CT molecular complexity index is 1020. The Labute approximate surface area is 189 Å². The van der Waals surface area contributed by atoms with Gasteiger partial charge < -0.3 is 14.2 Å². The maximum absolute atomic E-state index is 12.2. The van der Waals surface area contributed by atoms with Gasteiger partial charge in [-0.1, -0.05) is 24.3 Å². The van der Waals surface area contributed by atoms with Crippen molar-refractivity contribution in [1.82, 2.24) is 0 Å². The van der Waals surface area contributed by atoms with Crippen molar-refractivity contribution in [3.05, 3.63) is 72.9 Å². The van der Waals surface area contributed by atoms with Crippen molar-refractivity contribution in [2.45, 2.75) is 0 Å². The molecule has 0 spiro atoms. The summed E-state index contributed by atoms with van der Waals surface area (Å²) in [5, 5.41) is 0.352. The van der Waals surface area contributed by atoms with Gasteiger partial charge in [0.05, 0.1) is 12.1 Å². The Kier molecular flexibility index (Phi) is 6.79. The minimum Gasteiger partial charge on any atom is -0.493 e. The largest absolute Gasteiger partial charge is 0.493 e. The summed E-state index contributed by atoms with van der Waals surface area (Å²) in [7, 11) is 1.51. The summed E-state index contributed by atoms with van der Waals surface area (Å²) in [6, 6.07) is 8.97.